The molecule has 19 heavy (non-hydrogen) atoms. The molecule has 3 heteroatoms. The van der Waals surface area contributed by atoms with Crippen LogP contribution >= 0.6 is 11.6 Å². The second kappa shape index (κ2) is 7.21. The first-order valence-electron chi connectivity index (χ1n) is 6.76. The summed E-state index contributed by atoms with van der Waals surface area (Å²) in [5.74, 6) is 6.59. The summed E-state index contributed by atoms with van der Waals surface area (Å²) in [6.07, 6.45) is 5.57. The van der Waals surface area contributed by atoms with Gasteiger partial charge in [0.25, 0.3) is 0 Å². The summed E-state index contributed by atoms with van der Waals surface area (Å²) >= 11 is 5.99. The maximum atomic E-state index is 11.7. The number of hydrogen-bond acceptors (Lipinski definition) is 1. The number of benzene rings is 1. The van der Waals surface area contributed by atoms with Crippen LogP contribution in [0.25, 0.3) is 0 Å². The molecule has 1 saturated carbocycles. The van der Waals surface area contributed by atoms with E-state index in [-0.39, 0.29) is 5.91 Å². The topological polar surface area (TPSA) is 29.1 Å². The molecule has 0 aromatic heterocycles. The van der Waals surface area contributed by atoms with Crippen LogP contribution in [0.3, 0.4) is 0 Å². The molecule has 0 unspecified atom stereocenters. The second-order valence-electron chi connectivity index (χ2n) is 4.91. The minimum atomic E-state index is 0.111. The molecule has 1 fully saturated rings. The Bertz CT molecular complexity index is 495. The lowest BCUT2D eigenvalue weighted by molar-refractivity contribution is -0.121. The first kappa shape index (κ1) is 14.0. The van der Waals surface area contributed by atoms with Crippen LogP contribution in [0.2, 0.25) is 5.02 Å². The summed E-state index contributed by atoms with van der Waals surface area (Å²) in [6, 6.07) is 7.45. The molecule has 0 spiro atoms. The normalized spacial score (nSPS) is 14.8. The Balaban J connectivity index is 1.74. The first-order chi connectivity index (χ1) is 9.25. The van der Waals surface area contributed by atoms with E-state index in [2.05, 4.69) is 17.2 Å². The summed E-state index contributed by atoms with van der Waals surface area (Å²) in [5, 5.41) is 3.49. The van der Waals surface area contributed by atoms with Crippen molar-refractivity contribution in [1.82, 2.24) is 5.32 Å². The number of carbonyl (C=O) groups excluding carboxylic acids is 1. The van der Waals surface area contributed by atoms with Gasteiger partial charge in [-0.3, -0.25) is 4.79 Å². The van der Waals surface area contributed by atoms with E-state index in [9.17, 15) is 4.79 Å². The molecule has 0 bridgehead atoms. The molecular weight excluding hydrogens is 258 g/mol. The summed E-state index contributed by atoms with van der Waals surface area (Å²) in [5.41, 5.74) is 0.800. The fourth-order valence-electron chi connectivity index (χ4n) is 2.39. The molecule has 1 amide bonds. The predicted molar refractivity (Wildman–Crippen MR) is 77.9 cm³/mol. The molecular formula is C16H18ClNO. The Labute approximate surface area is 119 Å². The van der Waals surface area contributed by atoms with Gasteiger partial charge in [0.05, 0.1) is 11.6 Å². The number of halogens is 1. The zero-order valence-electron chi connectivity index (χ0n) is 10.9. The number of amides is 1. The van der Waals surface area contributed by atoms with Crippen molar-refractivity contribution in [1.29, 1.82) is 0 Å². The average Bonchev–Trinajstić information content (AvgIpc) is 2.89. The van der Waals surface area contributed by atoms with Crippen LogP contribution in [0.4, 0.5) is 0 Å². The molecule has 0 radical (unpaired) electrons. The number of hydrogen-bond donors (Lipinski definition) is 1. The van der Waals surface area contributed by atoms with Crippen molar-refractivity contribution >= 4 is 17.5 Å². The van der Waals surface area contributed by atoms with Crippen LogP contribution < -0.4 is 5.32 Å². The zero-order valence-corrected chi connectivity index (χ0v) is 11.7. The summed E-state index contributed by atoms with van der Waals surface area (Å²) in [6.45, 7) is 0.386. The lowest BCUT2D eigenvalue weighted by Crippen LogP contribution is -2.25. The van der Waals surface area contributed by atoms with Gasteiger partial charge in [-0.25, -0.2) is 0 Å². The Morgan fingerprint density at radius 3 is 2.79 bits per heavy atom. The highest BCUT2D eigenvalue weighted by Crippen LogP contribution is 2.27. The number of carbonyl (C=O) groups is 1. The van der Waals surface area contributed by atoms with Crippen molar-refractivity contribution < 1.29 is 4.79 Å². The van der Waals surface area contributed by atoms with Crippen LogP contribution in [0.1, 0.15) is 37.7 Å². The third-order valence-electron chi connectivity index (χ3n) is 3.42. The van der Waals surface area contributed by atoms with Gasteiger partial charge < -0.3 is 5.32 Å². The molecule has 0 aliphatic heterocycles. The van der Waals surface area contributed by atoms with Crippen LogP contribution in [0, 0.1) is 17.8 Å². The summed E-state index contributed by atoms with van der Waals surface area (Å²) in [4.78, 5) is 11.7. The standard InChI is InChI=1S/C16H18ClNO/c17-15-10-4-3-8-14(15)9-5-11-18-16(19)12-13-6-1-2-7-13/h3-4,8,10,13H,1-2,6-7,11-12H2,(H,18,19). The van der Waals surface area contributed by atoms with Gasteiger partial charge in [-0.05, 0) is 30.9 Å². The van der Waals surface area contributed by atoms with Crippen molar-refractivity contribution in [2.75, 3.05) is 6.54 Å². The van der Waals surface area contributed by atoms with E-state index in [0.29, 0.717) is 23.9 Å². The monoisotopic (exact) mass is 275 g/mol. The third kappa shape index (κ3) is 4.61. The van der Waals surface area contributed by atoms with Gasteiger partial charge in [0.1, 0.15) is 0 Å². The molecule has 100 valence electrons. The molecule has 1 aliphatic rings. The smallest absolute Gasteiger partial charge is 0.221 e. The Morgan fingerprint density at radius 1 is 1.32 bits per heavy atom. The van der Waals surface area contributed by atoms with Gasteiger partial charge in [-0.1, -0.05) is 48.4 Å². The van der Waals surface area contributed by atoms with E-state index in [1.165, 1.54) is 25.7 Å². The van der Waals surface area contributed by atoms with E-state index in [0.717, 1.165) is 5.56 Å². The first-order valence-corrected chi connectivity index (χ1v) is 7.13. The molecule has 0 heterocycles. The van der Waals surface area contributed by atoms with Gasteiger partial charge in [0.15, 0.2) is 0 Å². The molecule has 1 N–H and O–H groups in total. The minimum Gasteiger partial charge on any atom is -0.345 e. The molecule has 1 aliphatic carbocycles. The maximum Gasteiger partial charge on any atom is 0.221 e. The van der Waals surface area contributed by atoms with Crippen molar-refractivity contribution in [2.45, 2.75) is 32.1 Å². The van der Waals surface area contributed by atoms with E-state index in [1.807, 2.05) is 24.3 Å². The van der Waals surface area contributed by atoms with Crippen LogP contribution in [-0.4, -0.2) is 12.5 Å². The molecule has 1 aromatic carbocycles. The van der Waals surface area contributed by atoms with E-state index in [4.69, 9.17) is 11.6 Å². The third-order valence-corrected chi connectivity index (χ3v) is 3.75. The van der Waals surface area contributed by atoms with Gasteiger partial charge in [0, 0.05) is 12.0 Å². The molecule has 2 rings (SSSR count). The SMILES string of the molecule is O=C(CC1CCCC1)NCC#Cc1ccccc1Cl. The van der Waals surface area contributed by atoms with Gasteiger partial charge >= 0.3 is 0 Å². The van der Waals surface area contributed by atoms with Crippen molar-refractivity contribution in [3.8, 4) is 11.8 Å². The van der Waals surface area contributed by atoms with Crippen molar-refractivity contribution in [2.24, 2.45) is 5.92 Å². The van der Waals surface area contributed by atoms with E-state index >= 15 is 0 Å². The van der Waals surface area contributed by atoms with Crippen molar-refractivity contribution in [3.05, 3.63) is 34.9 Å². The Kier molecular flexibility index (Phi) is 5.30. The van der Waals surface area contributed by atoms with Crippen LogP contribution in [-0.2, 0) is 4.79 Å². The fourth-order valence-corrected chi connectivity index (χ4v) is 2.58. The van der Waals surface area contributed by atoms with Gasteiger partial charge in [-0.15, -0.1) is 0 Å². The largest absolute Gasteiger partial charge is 0.345 e. The molecule has 2 nitrogen and oxygen atoms in total. The number of rotatable bonds is 3. The van der Waals surface area contributed by atoms with E-state index < -0.39 is 0 Å². The highest BCUT2D eigenvalue weighted by atomic mass is 35.5. The molecule has 0 atom stereocenters. The van der Waals surface area contributed by atoms with Crippen LogP contribution in [0.5, 0.6) is 0 Å². The maximum absolute atomic E-state index is 11.7. The molecule has 1 aromatic rings. The highest BCUT2D eigenvalue weighted by molar-refractivity contribution is 6.31. The van der Waals surface area contributed by atoms with Crippen molar-refractivity contribution in [3.63, 3.8) is 0 Å². The van der Waals surface area contributed by atoms with Gasteiger partial charge in [-0.2, -0.15) is 0 Å². The average molecular weight is 276 g/mol. The Hall–Kier alpha value is -1.46. The quantitative estimate of drug-likeness (QED) is 0.842. The number of nitrogens with one attached hydrogen (secondary N) is 1. The van der Waals surface area contributed by atoms with Crippen LogP contribution in [0.15, 0.2) is 24.3 Å². The summed E-state index contributed by atoms with van der Waals surface area (Å²) < 4.78 is 0. The lowest BCUT2D eigenvalue weighted by Gasteiger charge is -2.07. The Morgan fingerprint density at radius 2 is 2.05 bits per heavy atom. The predicted octanol–water partition coefficient (Wildman–Crippen LogP) is 3.39. The second-order valence-corrected chi connectivity index (χ2v) is 5.32. The zero-order chi connectivity index (χ0) is 13.5. The van der Waals surface area contributed by atoms with E-state index in [1.54, 1.807) is 0 Å². The molecule has 0 saturated heterocycles. The fraction of sp³-hybridized carbons (Fsp3) is 0.438. The highest BCUT2D eigenvalue weighted by Gasteiger charge is 2.17. The summed E-state index contributed by atoms with van der Waals surface area (Å²) in [7, 11) is 0. The lowest BCUT2D eigenvalue weighted by atomic mass is 10.0. The van der Waals surface area contributed by atoms with Gasteiger partial charge in [0.2, 0.25) is 5.91 Å². The minimum absolute atomic E-state index is 0.111.